The van der Waals surface area contributed by atoms with Crippen molar-refractivity contribution in [3.63, 3.8) is 0 Å². The summed E-state index contributed by atoms with van der Waals surface area (Å²) < 4.78 is 0. The topological polar surface area (TPSA) is 118 Å². The maximum Gasteiger partial charge on any atom is 1.00 e. The molecule has 0 aromatic rings. The van der Waals surface area contributed by atoms with Gasteiger partial charge in [0.05, 0.1) is 12.7 Å². The molecule has 0 amide bonds. The Labute approximate surface area is 85.3 Å². The van der Waals surface area contributed by atoms with E-state index in [0.29, 0.717) is 0 Å². The summed E-state index contributed by atoms with van der Waals surface area (Å²) in [5, 5.41) is 43.4. The fraction of sp³-hybridized carbons (Fsp3) is 0.833. The summed E-state index contributed by atoms with van der Waals surface area (Å²) >= 11 is 0. The van der Waals surface area contributed by atoms with E-state index < -0.39 is 31.0 Å². The number of hydrogen-bond donors (Lipinski definition) is 5. The molecular formula is C6H11CuO6. The maximum atomic E-state index is 9.77. The molecule has 0 saturated carbocycles. The first-order valence-corrected chi connectivity index (χ1v) is 3.25. The average molecular weight is 243 g/mol. The third kappa shape index (κ3) is 4.68. The van der Waals surface area contributed by atoms with Crippen LogP contribution in [0.3, 0.4) is 0 Å². The van der Waals surface area contributed by atoms with E-state index in [1.54, 1.807) is 0 Å². The van der Waals surface area contributed by atoms with Gasteiger partial charge in [0.25, 0.3) is 0 Å². The van der Waals surface area contributed by atoms with Crippen LogP contribution >= 0.6 is 0 Å². The van der Waals surface area contributed by atoms with Crippen molar-refractivity contribution in [2.24, 2.45) is 0 Å². The summed E-state index contributed by atoms with van der Waals surface area (Å²) in [5.41, 5.74) is 0. The molecule has 0 aliphatic heterocycles. The first-order valence-electron chi connectivity index (χ1n) is 3.25. The van der Waals surface area contributed by atoms with Gasteiger partial charge in [-0.2, -0.15) is 0 Å². The molecule has 5 N–H and O–H groups in total. The molecule has 0 aliphatic rings. The van der Waals surface area contributed by atoms with E-state index >= 15 is 0 Å². The Bertz CT molecular complexity index is 143. The van der Waals surface area contributed by atoms with Crippen LogP contribution in [0.4, 0.5) is 0 Å². The van der Waals surface area contributed by atoms with Crippen molar-refractivity contribution in [1.29, 1.82) is 0 Å². The van der Waals surface area contributed by atoms with Crippen molar-refractivity contribution in [1.82, 2.24) is 0 Å². The molecule has 0 fully saturated rings. The summed E-state index contributed by atoms with van der Waals surface area (Å²) in [5.74, 6) is 0. The van der Waals surface area contributed by atoms with Gasteiger partial charge < -0.3 is 30.3 Å². The van der Waals surface area contributed by atoms with Crippen LogP contribution < -0.4 is 0 Å². The molecule has 0 aromatic heterocycles. The molecule has 0 heterocycles. The molecule has 0 unspecified atom stereocenters. The van der Waals surface area contributed by atoms with Crippen LogP contribution in [0.2, 0.25) is 0 Å². The first-order chi connectivity index (χ1) is 5.54. The van der Waals surface area contributed by atoms with E-state index in [1.807, 2.05) is 0 Å². The average Bonchev–Trinajstić information content (AvgIpc) is 2.12. The molecule has 82 valence electrons. The molecule has 0 rings (SSSR count). The molecule has 0 aliphatic carbocycles. The Balaban J connectivity index is 0. The van der Waals surface area contributed by atoms with Crippen molar-refractivity contribution in [3.05, 3.63) is 0 Å². The largest absolute Gasteiger partial charge is 1.00 e. The van der Waals surface area contributed by atoms with Gasteiger partial charge >= 0.3 is 17.1 Å². The van der Waals surface area contributed by atoms with Gasteiger partial charge in [-0.1, -0.05) is 0 Å². The quantitative estimate of drug-likeness (QED) is 0.253. The minimum Gasteiger partial charge on any atom is -0.539 e. The van der Waals surface area contributed by atoms with Gasteiger partial charge in [-0.25, -0.2) is 6.29 Å². The van der Waals surface area contributed by atoms with Crippen molar-refractivity contribution in [2.75, 3.05) is 6.61 Å². The second-order valence-corrected chi connectivity index (χ2v) is 2.29. The second kappa shape index (κ2) is 7.40. The summed E-state index contributed by atoms with van der Waals surface area (Å²) in [6, 6.07) is 0. The summed E-state index contributed by atoms with van der Waals surface area (Å²) in [6.45, 7) is -0.774. The number of aliphatic hydroxyl groups is 5. The van der Waals surface area contributed by atoms with Gasteiger partial charge in [-0.3, -0.25) is 0 Å². The standard InChI is InChI=1S/C6H11O6.Cu/c7-1-3(9)5(11)6(12)4(10)2-8;/h3-7,9-12H,1H2;/q-1;+1/t3-,4+,5-,6-;/m1./s1. The fourth-order valence-corrected chi connectivity index (χ4v) is 0.592. The van der Waals surface area contributed by atoms with Crippen LogP contribution in [0.25, 0.3) is 0 Å². The molecule has 0 bridgehead atoms. The zero-order chi connectivity index (χ0) is 9.72. The van der Waals surface area contributed by atoms with Gasteiger partial charge in [0.2, 0.25) is 0 Å². The summed E-state index contributed by atoms with van der Waals surface area (Å²) in [4.78, 5) is 9.77. The van der Waals surface area contributed by atoms with Gasteiger partial charge in [-0.05, 0) is 6.10 Å². The summed E-state index contributed by atoms with van der Waals surface area (Å²) in [7, 11) is 0. The number of hydrogen-bond acceptors (Lipinski definition) is 6. The SMILES string of the molecule is O=[C-][C@H](O)[C@@H](O)[C@H](O)[C@H](O)CO.[Cu+]. The van der Waals surface area contributed by atoms with Crippen LogP contribution in [0.1, 0.15) is 0 Å². The van der Waals surface area contributed by atoms with E-state index in [-0.39, 0.29) is 17.1 Å². The predicted octanol–water partition coefficient (Wildman–Crippen LogP) is -3.47. The monoisotopic (exact) mass is 242 g/mol. The molecule has 13 heavy (non-hydrogen) atoms. The molecule has 0 spiro atoms. The minimum atomic E-state index is -1.89. The van der Waals surface area contributed by atoms with Crippen LogP contribution in [-0.4, -0.2) is 62.8 Å². The van der Waals surface area contributed by atoms with Crippen molar-refractivity contribution < 1.29 is 47.4 Å². The van der Waals surface area contributed by atoms with E-state index in [2.05, 4.69) is 0 Å². The third-order valence-electron chi connectivity index (χ3n) is 1.38. The Morgan fingerprint density at radius 2 is 1.54 bits per heavy atom. The second-order valence-electron chi connectivity index (χ2n) is 2.29. The van der Waals surface area contributed by atoms with Crippen LogP contribution in [0, 0.1) is 0 Å². The van der Waals surface area contributed by atoms with Gasteiger partial charge in [0.1, 0.15) is 12.2 Å². The van der Waals surface area contributed by atoms with Crippen LogP contribution in [-0.2, 0) is 21.9 Å². The van der Waals surface area contributed by atoms with Gasteiger partial charge in [-0.15, -0.1) is 0 Å². The summed E-state index contributed by atoms with van der Waals surface area (Å²) in [6.07, 6.45) is -6.07. The van der Waals surface area contributed by atoms with Crippen molar-refractivity contribution in [2.45, 2.75) is 24.4 Å². The smallest absolute Gasteiger partial charge is 0.539 e. The van der Waals surface area contributed by atoms with E-state index in [1.165, 1.54) is 0 Å². The Morgan fingerprint density at radius 1 is 1.08 bits per heavy atom. The van der Waals surface area contributed by atoms with Crippen molar-refractivity contribution >= 4 is 6.29 Å². The maximum absolute atomic E-state index is 9.77. The molecule has 0 radical (unpaired) electrons. The molecule has 4 atom stereocenters. The molecule has 6 nitrogen and oxygen atoms in total. The Hall–Kier alpha value is -0.0105. The van der Waals surface area contributed by atoms with Crippen LogP contribution in [0.15, 0.2) is 0 Å². The third-order valence-corrected chi connectivity index (χ3v) is 1.38. The predicted molar refractivity (Wildman–Crippen MR) is 36.8 cm³/mol. The molecule has 0 saturated heterocycles. The normalized spacial score (nSPS) is 19.5. The van der Waals surface area contributed by atoms with E-state index in [0.717, 1.165) is 6.29 Å². The van der Waals surface area contributed by atoms with Gasteiger partial charge in [0, 0.05) is 0 Å². The van der Waals surface area contributed by atoms with Crippen molar-refractivity contribution in [3.8, 4) is 0 Å². The fourth-order valence-electron chi connectivity index (χ4n) is 0.592. The zero-order valence-corrected chi connectivity index (χ0v) is 7.40. The minimum absolute atomic E-state index is 0. The molecule has 7 heteroatoms. The number of carbonyl (C=O) groups excluding carboxylic acids is 1. The van der Waals surface area contributed by atoms with E-state index in [9.17, 15) is 4.79 Å². The van der Waals surface area contributed by atoms with Gasteiger partial charge in [0.15, 0.2) is 0 Å². The molecular weight excluding hydrogens is 232 g/mol. The Kier molecular flexibility index (Phi) is 8.80. The molecule has 0 aromatic carbocycles. The van der Waals surface area contributed by atoms with E-state index in [4.69, 9.17) is 25.5 Å². The Morgan fingerprint density at radius 3 is 1.85 bits per heavy atom. The van der Waals surface area contributed by atoms with Crippen LogP contribution in [0.5, 0.6) is 0 Å². The number of rotatable bonds is 5. The first kappa shape index (κ1) is 15.5. The zero-order valence-electron chi connectivity index (χ0n) is 6.46. The number of aliphatic hydroxyl groups excluding tert-OH is 5.